The molecule has 1 aliphatic carbocycles. The van der Waals surface area contributed by atoms with Crippen LogP contribution in [0.4, 0.5) is 4.79 Å². The molecule has 4 nitrogen and oxygen atoms in total. The standard InChI is InChI=1S/C10H17ClN2O2/c1-10(2)4-3-7(5-10)12-9(15)13-8(14)6-11/h7H,3-6H2,1-2H3,(H2,12,13,14,15). The molecule has 0 aromatic carbocycles. The average Bonchev–Trinajstić information content (AvgIpc) is 2.44. The van der Waals surface area contributed by atoms with Gasteiger partial charge in [0.15, 0.2) is 0 Å². The predicted molar refractivity (Wildman–Crippen MR) is 58.8 cm³/mol. The van der Waals surface area contributed by atoms with E-state index >= 15 is 0 Å². The minimum Gasteiger partial charge on any atom is -0.335 e. The molecule has 5 heteroatoms. The molecule has 0 bridgehead atoms. The van der Waals surface area contributed by atoms with Crippen molar-refractivity contribution in [2.45, 2.75) is 39.2 Å². The van der Waals surface area contributed by atoms with Crippen LogP contribution >= 0.6 is 11.6 Å². The van der Waals surface area contributed by atoms with Gasteiger partial charge in [-0.2, -0.15) is 0 Å². The van der Waals surface area contributed by atoms with Crippen LogP contribution in [-0.2, 0) is 4.79 Å². The van der Waals surface area contributed by atoms with E-state index in [-0.39, 0.29) is 17.3 Å². The molecular formula is C10H17ClN2O2. The van der Waals surface area contributed by atoms with Crippen LogP contribution in [-0.4, -0.2) is 23.9 Å². The normalized spacial score (nSPS) is 23.5. The van der Waals surface area contributed by atoms with E-state index in [4.69, 9.17) is 11.6 Å². The van der Waals surface area contributed by atoms with Gasteiger partial charge in [-0.25, -0.2) is 4.79 Å². The first-order chi connectivity index (χ1) is 6.93. The fourth-order valence-corrected chi connectivity index (χ4v) is 2.01. The fraction of sp³-hybridized carbons (Fsp3) is 0.800. The topological polar surface area (TPSA) is 58.2 Å². The Morgan fingerprint density at radius 1 is 1.47 bits per heavy atom. The summed E-state index contributed by atoms with van der Waals surface area (Å²) in [5.41, 5.74) is 0.286. The van der Waals surface area contributed by atoms with E-state index in [2.05, 4.69) is 24.5 Å². The summed E-state index contributed by atoms with van der Waals surface area (Å²) in [6.07, 6.45) is 3.02. The Labute approximate surface area is 94.7 Å². The molecule has 1 atom stereocenters. The number of carbonyl (C=O) groups excluding carboxylic acids is 2. The summed E-state index contributed by atoms with van der Waals surface area (Å²) >= 11 is 5.27. The first kappa shape index (κ1) is 12.3. The molecule has 2 N–H and O–H groups in total. The van der Waals surface area contributed by atoms with Crippen molar-refractivity contribution < 1.29 is 9.59 Å². The van der Waals surface area contributed by atoms with Crippen LogP contribution in [0.25, 0.3) is 0 Å². The van der Waals surface area contributed by atoms with Crippen molar-refractivity contribution in [1.29, 1.82) is 0 Å². The van der Waals surface area contributed by atoms with Gasteiger partial charge in [-0.15, -0.1) is 11.6 Å². The Kier molecular flexibility index (Phi) is 3.97. The highest BCUT2D eigenvalue weighted by atomic mass is 35.5. The van der Waals surface area contributed by atoms with Gasteiger partial charge in [0, 0.05) is 6.04 Å². The molecule has 0 saturated heterocycles. The minimum atomic E-state index is -0.466. The van der Waals surface area contributed by atoms with Gasteiger partial charge in [-0.3, -0.25) is 10.1 Å². The molecule has 1 unspecified atom stereocenters. The molecule has 3 amide bonds. The molecule has 0 spiro atoms. The third-order valence-electron chi connectivity index (χ3n) is 2.68. The summed E-state index contributed by atoms with van der Waals surface area (Å²) < 4.78 is 0. The summed E-state index contributed by atoms with van der Waals surface area (Å²) in [7, 11) is 0. The Balaban J connectivity index is 2.31. The summed E-state index contributed by atoms with van der Waals surface area (Å²) in [5, 5.41) is 4.93. The zero-order valence-corrected chi connectivity index (χ0v) is 9.86. The zero-order chi connectivity index (χ0) is 11.5. The maximum absolute atomic E-state index is 11.3. The largest absolute Gasteiger partial charge is 0.335 e. The number of nitrogens with one attached hydrogen (secondary N) is 2. The molecule has 0 aliphatic heterocycles. The van der Waals surface area contributed by atoms with Gasteiger partial charge in [0.05, 0.1) is 0 Å². The monoisotopic (exact) mass is 232 g/mol. The second-order valence-electron chi connectivity index (χ2n) is 4.76. The molecule has 1 aliphatic rings. The Hall–Kier alpha value is -0.770. The van der Waals surface area contributed by atoms with E-state index in [1.807, 2.05) is 0 Å². The molecule has 1 saturated carbocycles. The third-order valence-corrected chi connectivity index (χ3v) is 2.92. The second-order valence-corrected chi connectivity index (χ2v) is 5.03. The van der Waals surface area contributed by atoms with Crippen LogP contribution in [0.2, 0.25) is 0 Å². The van der Waals surface area contributed by atoms with E-state index in [1.165, 1.54) is 0 Å². The Bertz CT molecular complexity index is 266. The van der Waals surface area contributed by atoms with E-state index in [0.29, 0.717) is 0 Å². The van der Waals surface area contributed by atoms with E-state index in [9.17, 15) is 9.59 Å². The molecule has 0 aromatic rings. The number of imide groups is 1. The molecule has 15 heavy (non-hydrogen) atoms. The number of halogens is 1. The van der Waals surface area contributed by atoms with Crippen molar-refractivity contribution >= 4 is 23.5 Å². The first-order valence-corrected chi connectivity index (χ1v) is 5.63. The van der Waals surface area contributed by atoms with E-state index in [0.717, 1.165) is 19.3 Å². The average molecular weight is 233 g/mol. The highest BCUT2D eigenvalue weighted by Crippen LogP contribution is 2.36. The summed E-state index contributed by atoms with van der Waals surface area (Å²) in [4.78, 5) is 22.1. The summed E-state index contributed by atoms with van der Waals surface area (Å²) in [5.74, 6) is -0.657. The van der Waals surface area contributed by atoms with Gasteiger partial charge in [0.1, 0.15) is 5.88 Å². The molecule has 0 radical (unpaired) electrons. The predicted octanol–water partition coefficient (Wildman–Crippen LogP) is 1.63. The SMILES string of the molecule is CC1(C)CCC(NC(=O)NC(=O)CCl)C1. The van der Waals surface area contributed by atoms with Crippen LogP contribution < -0.4 is 10.6 Å². The second kappa shape index (κ2) is 4.84. The number of hydrogen-bond acceptors (Lipinski definition) is 2. The molecular weight excluding hydrogens is 216 g/mol. The maximum Gasteiger partial charge on any atom is 0.321 e. The van der Waals surface area contributed by atoms with Crippen molar-refractivity contribution in [3.05, 3.63) is 0 Å². The summed E-state index contributed by atoms with van der Waals surface area (Å²) in [6.45, 7) is 4.35. The number of alkyl halides is 1. The molecule has 1 rings (SSSR count). The zero-order valence-electron chi connectivity index (χ0n) is 9.10. The van der Waals surface area contributed by atoms with Crippen molar-refractivity contribution in [2.75, 3.05) is 5.88 Å². The van der Waals surface area contributed by atoms with Crippen LogP contribution in [0.15, 0.2) is 0 Å². The minimum absolute atomic E-state index is 0.170. The Morgan fingerprint density at radius 2 is 2.13 bits per heavy atom. The summed E-state index contributed by atoms with van der Waals surface area (Å²) in [6, 6.07) is -0.272. The first-order valence-electron chi connectivity index (χ1n) is 5.09. The number of amides is 3. The number of rotatable bonds is 2. The van der Waals surface area contributed by atoms with Crippen LogP contribution in [0.1, 0.15) is 33.1 Å². The molecule has 0 aromatic heterocycles. The van der Waals surface area contributed by atoms with Gasteiger partial charge in [0.2, 0.25) is 5.91 Å². The highest BCUT2D eigenvalue weighted by Gasteiger charge is 2.31. The smallest absolute Gasteiger partial charge is 0.321 e. The van der Waals surface area contributed by atoms with Crippen LogP contribution in [0, 0.1) is 5.41 Å². The fourth-order valence-electron chi connectivity index (χ4n) is 1.94. The van der Waals surface area contributed by atoms with Crippen molar-refractivity contribution in [2.24, 2.45) is 5.41 Å². The van der Waals surface area contributed by atoms with Gasteiger partial charge < -0.3 is 5.32 Å². The third kappa shape index (κ3) is 4.08. The van der Waals surface area contributed by atoms with Gasteiger partial charge >= 0.3 is 6.03 Å². The Morgan fingerprint density at radius 3 is 2.60 bits per heavy atom. The maximum atomic E-state index is 11.3. The van der Waals surface area contributed by atoms with Crippen LogP contribution in [0.5, 0.6) is 0 Å². The lowest BCUT2D eigenvalue weighted by Crippen LogP contribution is -2.44. The molecule has 86 valence electrons. The number of urea groups is 1. The van der Waals surface area contributed by atoms with Crippen molar-refractivity contribution in [3.63, 3.8) is 0 Å². The van der Waals surface area contributed by atoms with Gasteiger partial charge in [0.25, 0.3) is 0 Å². The quantitative estimate of drug-likeness (QED) is 0.711. The number of hydrogen-bond donors (Lipinski definition) is 2. The lowest BCUT2D eigenvalue weighted by Gasteiger charge is -2.17. The highest BCUT2D eigenvalue weighted by molar-refractivity contribution is 6.28. The van der Waals surface area contributed by atoms with Crippen molar-refractivity contribution in [1.82, 2.24) is 10.6 Å². The molecule has 1 fully saturated rings. The lowest BCUT2D eigenvalue weighted by molar-refractivity contribution is -0.117. The van der Waals surface area contributed by atoms with Crippen LogP contribution in [0.3, 0.4) is 0 Å². The number of carbonyl (C=O) groups is 2. The lowest BCUT2D eigenvalue weighted by atomic mass is 9.92. The van der Waals surface area contributed by atoms with Gasteiger partial charge in [-0.05, 0) is 24.7 Å². The van der Waals surface area contributed by atoms with E-state index in [1.54, 1.807) is 0 Å². The van der Waals surface area contributed by atoms with Crippen molar-refractivity contribution in [3.8, 4) is 0 Å². The van der Waals surface area contributed by atoms with E-state index < -0.39 is 11.9 Å². The molecule has 0 heterocycles. The van der Waals surface area contributed by atoms with Gasteiger partial charge in [-0.1, -0.05) is 13.8 Å².